The lowest BCUT2D eigenvalue weighted by Gasteiger charge is -2.00. The SMILES string of the molecule is CC.c1ccc(-c2cccc3c2oc2ccccc23)nc1. The first-order chi connectivity index (χ1) is 10.4. The molecule has 0 saturated carbocycles. The van der Waals surface area contributed by atoms with Crippen LogP contribution in [-0.2, 0) is 0 Å². The van der Waals surface area contributed by atoms with E-state index in [0.717, 1.165) is 33.2 Å². The van der Waals surface area contributed by atoms with Gasteiger partial charge in [0.15, 0.2) is 0 Å². The summed E-state index contributed by atoms with van der Waals surface area (Å²) in [5.74, 6) is 0. The highest BCUT2D eigenvalue weighted by atomic mass is 16.3. The highest BCUT2D eigenvalue weighted by Gasteiger charge is 2.11. The molecule has 4 rings (SSSR count). The Morgan fingerprint density at radius 3 is 2.33 bits per heavy atom. The third-order valence-corrected chi connectivity index (χ3v) is 3.35. The first-order valence-corrected chi connectivity index (χ1v) is 7.25. The third-order valence-electron chi connectivity index (χ3n) is 3.35. The van der Waals surface area contributed by atoms with Crippen LogP contribution in [0.1, 0.15) is 13.8 Å². The van der Waals surface area contributed by atoms with Gasteiger partial charge in [-0.3, -0.25) is 4.98 Å². The van der Waals surface area contributed by atoms with Crippen molar-refractivity contribution in [2.24, 2.45) is 0 Å². The molecule has 0 aliphatic rings. The normalized spacial score (nSPS) is 10.4. The van der Waals surface area contributed by atoms with Crippen LogP contribution in [-0.4, -0.2) is 4.98 Å². The van der Waals surface area contributed by atoms with Gasteiger partial charge in [0.1, 0.15) is 11.2 Å². The average molecular weight is 275 g/mol. The minimum absolute atomic E-state index is 0.905. The van der Waals surface area contributed by atoms with E-state index >= 15 is 0 Å². The lowest BCUT2D eigenvalue weighted by atomic mass is 10.1. The van der Waals surface area contributed by atoms with Crippen molar-refractivity contribution in [3.63, 3.8) is 0 Å². The number of nitrogens with zero attached hydrogens (tertiary/aromatic N) is 1. The van der Waals surface area contributed by atoms with Crippen LogP contribution in [0.3, 0.4) is 0 Å². The van der Waals surface area contributed by atoms with Crippen LogP contribution >= 0.6 is 0 Å². The summed E-state index contributed by atoms with van der Waals surface area (Å²) in [4.78, 5) is 4.41. The maximum absolute atomic E-state index is 6.00. The van der Waals surface area contributed by atoms with E-state index in [0.29, 0.717) is 0 Å². The Labute approximate surface area is 124 Å². The van der Waals surface area contributed by atoms with Gasteiger partial charge < -0.3 is 4.42 Å². The predicted molar refractivity (Wildman–Crippen MR) is 88.3 cm³/mol. The van der Waals surface area contributed by atoms with E-state index in [1.165, 1.54) is 0 Å². The first-order valence-electron chi connectivity index (χ1n) is 7.25. The van der Waals surface area contributed by atoms with Crippen LogP contribution in [0.2, 0.25) is 0 Å². The van der Waals surface area contributed by atoms with Crippen molar-refractivity contribution in [3.05, 3.63) is 66.9 Å². The molecule has 2 aromatic heterocycles. The summed E-state index contributed by atoms with van der Waals surface area (Å²) >= 11 is 0. The van der Waals surface area contributed by atoms with E-state index in [1.807, 2.05) is 62.4 Å². The summed E-state index contributed by atoms with van der Waals surface area (Å²) in [6.07, 6.45) is 1.80. The van der Waals surface area contributed by atoms with Gasteiger partial charge in [-0.1, -0.05) is 50.2 Å². The lowest BCUT2D eigenvalue weighted by molar-refractivity contribution is 0.670. The molecular formula is C19H17NO. The van der Waals surface area contributed by atoms with E-state index < -0.39 is 0 Å². The molecule has 0 aliphatic heterocycles. The van der Waals surface area contributed by atoms with E-state index in [-0.39, 0.29) is 0 Å². The zero-order valence-corrected chi connectivity index (χ0v) is 12.2. The van der Waals surface area contributed by atoms with Gasteiger partial charge in [-0.2, -0.15) is 0 Å². The zero-order valence-electron chi connectivity index (χ0n) is 12.2. The molecule has 2 nitrogen and oxygen atoms in total. The Balaban J connectivity index is 0.000000636. The quantitative estimate of drug-likeness (QED) is 0.447. The molecular weight excluding hydrogens is 258 g/mol. The topological polar surface area (TPSA) is 26.0 Å². The molecule has 104 valence electrons. The minimum Gasteiger partial charge on any atom is -0.455 e. The Bertz CT molecular complexity index is 862. The average Bonchev–Trinajstić information content (AvgIpc) is 2.96. The predicted octanol–water partition coefficient (Wildman–Crippen LogP) is 5.67. The van der Waals surface area contributed by atoms with Gasteiger partial charge in [-0.25, -0.2) is 0 Å². The van der Waals surface area contributed by atoms with Crippen LogP contribution in [0.5, 0.6) is 0 Å². The van der Waals surface area contributed by atoms with Crippen molar-refractivity contribution in [2.45, 2.75) is 13.8 Å². The summed E-state index contributed by atoms with van der Waals surface area (Å²) in [7, 11) is 0. The summed E-state index contributed by atoms with van der Waals surface area (Å²) in [6.45, 7) is 4.00. The fourth-order valence-corrected chi connectivity index (χ4v) is 2.47. The first kappa shape index (κ1) is 13.4. The number of hydrogen-bond donors (Lipinski definition) is 0. The maximum Gasteiger partial charge on any atom is 0.144 e. The van der Waals surface area contributed by atoms with Crippen molar-refractivity contribution in [1.29, 1.82) is 0 Å². The van der Waals surface area contributed by atoms with Gasteiger partial charge in [0.2, 0.25) is 0 Å². The highest BCUT2D eigenvalue weighted by Crippen LogP contribution is 2.34. The number of hydrogen-bond acceptors (Lipinski definition) is 2. The second kappa shape index (κ2) is 5.80. The molecule has 0 bridgehead atoms. The van der Waals surface area contributed by atoms with E-state index in [9.17, 15) is 0 Å². The molecule has 2 heterocycles. The molecule has 0 fully saturated rings. The summed E-state index contributed by atoms with van der Waals surface area (Å²) in [5, 5.41) is 2.29. The second-order valence-corrected chi connectivity index (χ2v) is 4.50. The van der Waals surface area contributed by atoms with Gasteiger partial charge in [-0.05, 0) is 24.3 Å². The monoisotopic (exact) mass is 275 g/mol. The van der Waals surface area contributed by atoms with E-state index in [1.54, 1.807) is 6.20 Å². The molecule has 0 unspecified atom stereocenters. The summed E-state index contributed by atoms with van der Waals surface area (Å²) < 4.78 is 6.00. The molecule has 0 N–H and O–H groups in total. The number of para-hydroxylation sites is 2. The molecule has 0 radical (unpaired) electrons. The van der Waals surface area contributed by atoms with Crippen molar-refractivity contribution >= 4 is 21.9 Å². The molecule has 2 aromatic carbocycles. The molecule has 0 amide bonds. The molecule has 0 atom stereocenters. The van der Waals surface area contributed by atoms with Gasteiger partial charge in [0, 0.05) is 22.5 Å². The molecule has 2 heteroatoms. The van der Waals surface area contributed by atoms with Crippen molar-refractivity contribution in [3.8, 4) is 11.3 Å². The van der Waals surface area contributed by atoms with Crippen LogP contribution in [0.15, 0.2) is 71.3 Å². The Hall–Kier alpha value is -2.61. The summed E-state index contributed by atoms with van der Waals surface area (Å²) in [5.41, 5.74) is 3.80. The van der Waals surface area contributed by atoms with Crippen LogP contribution < -0.4 is 0 Å². The van der Waals surface area contributed by atoms with Crippen molar-refractivity contribution in [1.82, 2.24) is 4.98 Å². The fourth-order valence-electron chi connectivity index (χ4n) is 2.47. The van der Waals surface area contributed by atoms with Gasteiger partial charge in [-0.15, -0.1) is 0 Å². The van der Waals surface area contributed by atoms with Crippen molar-refractivity contribution in [2.75, 3.05) is 0 Å². The number of fused-ring (bicyclic) bond motifs is 3. The molecule has 21 heavy (non-hydrogen) atoms. The number of aromatic nitrogens is 1. The molecule has 0 spiro atoms. The molecule has 0 aliphatic carbocycles. The van der Waals surface area contributed by atoms with Crippen LogP contribution in [0, 0.1) is 0 Å². The highest BCUT2D eigenvalue weighted by molar-refractivity contribution is 6.09. The lowest BCUT2D eigenvalue weighted by Crippen LogP contribution is -1.81. The Morgan fingerprint density at radius 2 is 1.52 bits per heavy atom. The molecule has 0 saturated heterocycles. The smallest absolute Gasteiger partial charge is 0.144 e. The Morgan fingerprint density at radius 1 is 0.762 bits per heavy atom. The molecule has 4 aromatic rings. The number of rotatable bonds is 1. The van der Waals surface area contributed by atoms with Gasteiger partial charge in [0.05, 0.1) is 5.69 Å². The second-order valence-electron chi connectivity index (χ2n) is 4.50. The van der Waals surface area contributed by atoms with E-state index in [4.69, 9.17) is 4.42 Å². The van der Waals surface area contributed by atoms with Crippen molar-refractivity contribution < 1.29 is 4.42 Å². The van der Waals surface area contributed by atoms with Gasteiger partial charge >= 0.3 is 0 Å². The third kappa shape index (κ3) is 2.29. The number of pyridine rings is 1. The standard InChI is InChI=1S/C17H11NO.C2H6/c1-2-10-16-12(6-1)13-7-5-8-14(17(13)19-16)15-9-3-4-11-18-15;1-2/h1-11H;1-2H3. The maximum atomic E-state index is 6.00. The zero-order chi connectivity index (χ0) is 14.7. The number of benzene rings is 2. The number of furan rings is 1. The fraction of sp³-hybridized carbons (Fsp3) is 0.105. The Kier molecular flexibility index (Phi) is 3.69. The summed E-state index contributed by atoms with van der Waals surface area (Å²) in [6, 6.07) is 20.2. The van der Waals surface area contributed by atoms with Crippen LogP contribution in [0.25, 0.3) is 33.2 Å². The van der Waals surface area contributed by atoms with E-state index in [2.05, 4.69) is 17.1 Å². The minimum atomic E-state index is 0.905. The van der Waals surface area contributed by atoms with Gasteiger partial charge in [0.25, 0.3) is 0 Å². The largest absolute Gasteiger partial charge is 0.455 e. The van der Waals surface area contributed by atoms with Crippen LogP contribution in [0.4, 0.5) is 0 Å².